The summed E-state index contributed by atoms with van der Waals surface area (Å²) in [6, 6.07) is 6.87. The lowest BCUT2D eigenvalue weighted by Gasteiger charge is -2.30. The van der Waals surface area contributed by atoms with Gasteiger partial charge in [0.05, 0.1) is 23.1 Å². The molecule has 0 amide bonds. The molecule has 0 aliphatic carbocycles. The van der Waals surface area contributed by atoms with Gasteiger partial charge in [-0.3, -0.25) is 4.99 Å². The van der Waals surface area contributed by atoms with Crippen molar-refractivity contribution in [1.82, 2.24) is 9.88 Å². The lowest BCUT2D eigenvalue weighted by Crippen LogP contribution is -2.38. The molecule has 0 saturated heterocycles. The topological polar surface area (TPSA) is 32.6 Å². The third kappa shape index (κ3) is 3.95. The number of benzene rings is 1. The van der Waals surface area contributed by atoms with Gasteiger partial charge in [-0.25, -0.2) is 0 Å². The first-order valence-electron chi connectivity index (χ1n) is 10.3. The third-order valence-electron chi connectivity index (χ3n) is 5.61. The largest absolute Gasteiger partial charge is 0.376 e. The highest BCUT2D eigenvalue weighted by Gasteiger charge is 2.32. The van der Waals surface area contributed by atoms with E-state index in [0.717, 1.165) is 24.5 Å². The maximum Gasteiger partial charge on any atom is 0.0884 e. The number of fused-ring (bicyclic) bond motifs is 1. The van der Waals surface area contributed by atoms with Crippen LogP contribution in [0.4, 0.5) is 5.69 Å². The minimum atomic E-state index is 0.0782. The van der Waals surface area contributed by atoms with Crippen molar-refractivity contribution in [1.29, 1.82) is 0 Å². The van der Waals surface area contributed by atoms with Gasteiger partial charge in [0.15, 0.2) is 0 Å². The number of aromatic nitrogens is 1. The van der Waals surface area contributed by atoms with E-state index in [1.165, 1.54) is 39.3 Å². The number of nitrogens with one attached hydrogen (secondary N) is 1. The summed E-state index contributed by atoms with van der Waals surface area (Å²) in [5.41, 5.74) is 10.9. The number of hydrogen-bond acceptors (Lipinski definition) is 3. The monoisotopic (exact) mass is 390 g/mol. The summed E-state index contributed by atoms with van der Waals surface area (Å²) in [6.45, 7) is 16.6. The molecule has 1 N–H and O–H groups in total. The molecule has 29 heavy (non-hydrogen) atoms. The van der Waals surface area contributed by atoms with Crippen LogP contribution in [0.1, 0.15) is 49.2 Å². The van der Waals surface area contributed by atoms with Crippen molar-refractivity contribution in [2.24, 2.45) is 4.99 Å². The fraction of sp³-hybridized carbons (Fsp3) is 0.400. The molecule has 1 aliphatic rings. The second kappa shape index (κ2) is 8.42. The van der Waals surface area contributed by atoms with E-state index in [2.05, 4.69) is 74.4 Å². The van der Waals surface area contributed by atoms with Crippen molar-refractivity contribution in [2.45, 2.75) is 47.2 Å². The molecule has 0 fully saturated rings. The molecule has 0 spiro atoms. The van der Waals surface area contributed by atoms with Gasteiger partial charge in [-0.2, -0.15) is 0 Å². The number of anilines is 1. The molecule has 2 aromatic rings. The fourth-order valence-electron chi connectivity index (χ4n) is 4.42. The smallest absolute Gasteiger partial charge is 0.0884 e. The average Bonchev–Trinajstić information content (AvgIpc) is 3.01. The minimum absolute atomic E-state index is 0.0782. The molecule has 1 aliphatic heterocycles. The van der Waals surface area contributed by atoms with Crippen LogP contribution >= 0.6 is 0 Å². The number of rotatable bonds is 5. The molecule has 154 valence electrons. The molecule has 3 rings (SSSR count). The number of allylic oxidation sites excluding steroid dienone is 2. The number of hydrogen-bond donors (Lipinski definition) is 1. The first-order chi connectivity index (χ1) is 13.8. The standard InChI is InChI=1S/C25H34N4/c1-9-18(5)27-19(6)22-25-24(28(7)8)21(10-2)23(29(25)12-11-26-22)20-14-16(3)13-17(4)15-20/h9-10,13-15,22,26H,2,11-12H2,1,3-8H3/b18-9-,27-19+. The summed E-state index contributed by atoms with van der Waals surface area (Å²) in [5, 5.41) is 3.70. The van der Waals surface area contributed by atoms with Gasteiger partial charge in [0.2, 0.25) is 0 Å². The number of nitrogens with zero attached hydrogens (tertiary/aromatic N) is 3. The van der Waals surface area contributed by atoms with Gasteiger partial charge in [0.1, 0.15) is 0 Å². The third-order valence-corrected chi connectivity index (χ3v) is 5.61. The van der Waals surface area contributed by atoms with E-state index in [0.29, 0.717) is 0 Å². The molecule has 2 heterocycles. The SMILES string of the molecule is C=Cc1c(N(C)C)c2n(c1-c1cc(C)cc(C)c1)CCNC2/C(C)=N/C(C)=C\C. The van der Waals surface area contributed by atoms with Gasteiger partial charge in [-0.05, 0) is 52.3 Å². The fourth-order valence-corrected chi connectivity index (χ4v) is 4.42. The lowest BCUT2D eigenvalue weighted by molar-refractivity contribution is 0.493. The van der Waals surface area contributed by atoms with Crippen LogP contribution in [0.15, 0.2) is 41.5 Å². The van der Waals surface area contributed by atoms with E-state index in [-0.39, 0.29) is 6.04 Å². The summed E-state index contributed by atoms with van der Waals surface area (Å²) in [6.07, 6.45) is 4.06. The van der Waals surface area contributed by atoms with Crippen LogP contribution in [0, 0.1) is 13.8 Å². The predicted octanol–water partition coefficient (Wildman–Crippen LogP) is 5.51. The van der Waals surface area contributed by atoms with E-state index in [1.807, 2.05) is 26.0 Å². The molecule has 4 nitrogen and oxygen atoms in total. The van der Waals surface area contributed by atoms with Gasteiger partial charge in [-0.1, -0.05) is 35.9 Å². The van der Waals surface area contributed by atoms with E-state index in [9.17, 15) is 0 Å². The normalized spacial score (nSPS) is 17.3. The van der Waals surface area contributed by atoms with Crippen LogP contribution < -0.4 is 10.2 Å². The highest BCUT2D eigenvalue weighted by atomic mass is 15.2. The Bertz CT molecular complexity index is 968. The van der Waals surface area contributed by atoms with Gasteiger partial charge < -0.3 is 14.8 Å². The molecule has 0 saturated carbocycles. The Hall–Kier alpha value is -2.59. The van der Waals surface area contributed by atoms with E-state index >= 15 is 0 Å². The quantitative estimate of drug-likeness (QED) is 0.683. The first-order valence-corrected chi connectivity index (χ1v) is 10.3. The number of aryl methyl sites for hydroxylation is 2. The van der Waals surface area contributed by atoms with E-state index < -0.39 is 0 Å². The zero-order valence-corrected chi connectivity index (χ0v) is 18.9. The molecule has 1 unspecified atom stereocenters. The predicted molar refractivity (Wildman–Crippen MR) is 127 cm³/mol. The van der Waals surface area contributed by atoms with Gasteiger partial charge in [0, 0.05) is 44.2 Å². The Morgan fingerprint density at radius 1 is 1.21 bits per heavy atom. The minimum Gasteiger partial charge on any atom is -0.376 e. The molecule has 1 aromatic heterocycles. The van der Waals surface area contributed by atoms with Crippen molar-refractivity contribution in [3.63, 3.8) is 0 Å². The second-order valence-corrected chi connectivity index (χ2v) is 8.19. The number of aliphatic imine (C=N–C) groups is 1. The van der Waals surface area contributed by atoms with Crippen LogP contribution in [-0.2, 0) is 6.54 Å². The zero-order chi connectivity index (χ0) is 21.3. The van der Waals surface area contributed by atoms with Crippen LogP contribution in [0.3, 0.4) is 0 Å². The van der Waals surface area contributed by atoms with E-state index in [1.54, 1.807) is 0 Å². The first kappa shape index (κ1) is 21.1. The summed E-state index contributed by atoms with van der Waals surface area (Å²) < 4.78 is 2.48. The zero-order valence-electron chi connectivity index (χ0n) is 18.9. The molecule has 1 atom stereocenters. The Labute approximate surface area is 175 Å². The summed E-state index contributed by atoms with van der Waals surface area (Å²) in [5.74, 6) is 0. The van der Waals surface area contributed by atoms with Crippen molar-refractivity contribution in [3.05, 3.63) is 58.9 Å². The summed E-state index contributed by atoms with van der Waals surface area (Å²) in [4.78, 5) is 7.05. The Morgan fingerprint density at radius 2 is 1.86 bits per heavy atom. The van der Waals surface area contributed by atoms with Gasteiger partial charge >= 0.3 is 0 Å². The molecule has 1 aromatic carbocycles. The van der Waals surface area contributed by atoms with Gasteiger partial charge in [-0.15, -0.1) is 0 Å². The van der Waals surface area contributed by atoms with Crippen LogP contribution in [-0.4, -0.2) is 30.9 Å². The van der Waals surface area contributed by atoms with Crippen molar-refractivity contribution in [2.75, 3.05) is 25.5 Å². The highest BCUT2D eigenvalue weighted by Crippen LogP contribution is 2.42. The molecule has 0 bridgehead atoms. The molecular weight excluding hydrogens is 356 g/mol. The summed E-state index contributed by atoms with van der Waals surface area (Å²) >= 11 is 0. The van der Waals surface area contributed by atoms with E-state index in [4.69, 9.17) is 4.99 Å². The average molecular weight is 391 g/mol. The Kier molecular flexibility index (Phi) is 6.13. The van der Waals surface area contributed by atoms with Crippen LogP contribution in [0.2, 0.25) is 0 Å². The van der Waals surface area contributed by atoms with Crippen molar-refractivity contribution >= 4 is 17.5 Å². The lowest BCUT2D eigenvalue weighted by atomic mass is 10.0. The maximum atomic E-state index is 4.84. The van der Waals surface area contributed by atoms with Crippen LogP contribution in [0.5, 0.6) is 0 Å². The Balaban J connectivity index is 2.33. The van der Waals surface area contributed by atoms with Crippen molar-refractivity contribution < 1.29 is 0 Å². The molecule has 0 radical (unpaired) electrons. The second-order valence-electron chi connectivity index (χ2n) is 8.19. The van der Waals surface area contributed by atoms with Crippen molar-refractivity contribution in [3.8, 4) is 11.3 Å². The molecule has 4 heteroatoms. The Morgan fingerprint density at radius 3 is 2.41 bits per heavy atom. The highest BCUT2D eigenvalue weighted by molar-refractivity contribution is 5.94. The summed E-state index contributed by atoms with van der Waals surface area (Å²) in [7, 11) is 4.23. The molecular formula is C25H34N4. The van der Waals surface area contributed by atoms with Crippen LogP contribution in [0.25, 0.3) is 17.3 Å². The maximum absolute atomic E-state index is 4.84. The van der Waals surface area contributed by atoms with Gasteiger partial charge in [0.25, 0.3) is 0 Å².